The second-order valence-electron chi connectivity index (χ2n) is 12.6. The fourth-order valence-corrected chi connectivity index (χ4v) is 6.47. The zero-order valence-electron chi connectivity index (χ0n) is 26.1. The third kappa shape index (κ3) is 8.98. The zero-order chi connectivity index (χ0) is 32.9. The maximum atomic E-state index is 14.0. The predicted octanol–water partition coefficient (Wildman–Crippen LogP) is 5.35. The first kappa shape index (κ1) is 34.7. The summed E-state index contributed by atoms with van der Waals surface area (Å²) < 4.78 is 73.0. The van der Waals surface area contributed by atoms with Crippen LogP contribution >= 0.6 is 0 Å². The van der Waals surface area contributed by atoms with Crippen LogP contribution in [0, 0.1) is 5.92 Å². The smallest absolute Gasteiger partial charge is 0.416 e. The second kappa shape index (κ2) is 14.5. The minimum absolute atomic E-state index is 0.0229. The number of alkyl halides is 3. The molecule has 0 aliphatic carbocycles. The summed E-state index contributed by atoms with van der Waals surface area (Å²) in [6.07, 6.45) is -3.39. The van der Waals surface area contributed by atoms with Gasteiger partial charge in [0.1, 0.15) is 11.5 Å². The van der Waals surface area contributed by atoms with Crippen LogP contribution in [0.4, 0.5) is 13.2 Å². The molecule has 248 valence electrons. The quantitative estimate of drug-likeness (QED) is 0.263. The van der Waals surface area contributed by atoms with Crippen molar-refractivity contribution in [2.24, 2.45) is 5.92 Å². The lowest BCUT2D eigenvalue weighted by Gasteiger charge is -2.35. The monoisotopic (exact) mass is 653 g/mol. The number of nitrogens with zero attached hydrogens (tertiary/aromatic N) is 2. The number of ether oxygens (including phenoxy) is 2. The molecule has 2 aliphatic heterocycles. The maximum Gasteiger partial charge on any atom is 0.416 e. The van der Waals surface area contributed by atoms with Gasteiger partial charge in [-0.25, -0.2) is 4.21 Å². The first-order chi connectivity index (χ1) is 21.2. The highest BCUT2D eigenvalue weighted by Crippen LogP contribution is 2.41. The van der Waals surface area contributed by atoms with E-state index >= 15 is 0 Å². The molecule has 2 aliphatic rings. The molecule has 2 aromatic carbocycles. The number of amides is 2. The van der Waals surface area contributed by atoms with Crippen molar-refractivity contribution in [2.75, 3.05) is 39.9 Å². The van der Waals surface area contributed by atoms with Gasteiger partial charge in [0.05, 0.1) is 25.2 Å². The molecule has 2 heterocycles. The van der Waals surface area contributed by atoms with Crippen molar-refractivity contribution in [3.63, 3.8) is 0 Å². The van der Waals surface area contributed by atoms with Crippen LogP contribution in [0.5, 0.6) is 11.5 Å². The predicted molar refractivity (Wildman–Crippen MR) is 164 cm³/mol. The highest BCUT2D eigenvalue weighted by molar-refractivity contribution is 7.77. The van der Waals surface area contributed by atoms with E-state index in [1.807, 2.05) is 33.9 Å². The van der Waals surface area contributed by atoms with Gasteiger partial charge in [0.2, 0.25) is 11.8 Å². The van der Waals surface area contributed by atoms with Crippen LogP contribution in [-0.2, 0) is 27.0 Å². The SMILES string of the molecule is COc1ccc([C@@H]2CN(C(C)(C)C)C[C@H]2C(=O)N2CCC(c3ccc(C(F)(F)F)cc3OCCCC(=O)NS(=O)O)CC2)cc1. The topological polar surface area (TPSA) is 108 Å². The fraction of sp³-hybridized carbons (Fsp3) is 0.562. The van der Waals surface area contributed by atoms with Crippen molar-refractivity contribution in [1.29, 1.82) is 0 Å². The minimum Gasteiger partial charge on any atom is -0.497 e. The summed E-state index contributed by atoms with van der Waals surface area (Å²) in [4.78, 5) is 29.9. The third-order valence-electron chi connectivity index (χ3n) is 8.72. The van der Waals surface area contributed by atoms with E-state index in [-0.39, 0.29) is 54.4 Å². The van der Waals surface area contributed by atoms with Crippen LogP contribution in [0.1, 0.15) is 75.0 Å². The molecular weight excluding hydrogens is 611 g/mol. The van der Waals surface area contributed by atoms with Crippen molar-refractivity contribution < 1.29 is 41.0 Å². The second-order valence-corrected chi connectivity index (χ2v) is 13.3. The van der Waals surface area contributed by atoms with Gasteiger partial charge in [-0.2, -0.15) is 13.2 Å². The van der Waals surface area contributed by atoms with Crippen LogP contribution in [0.3, 0.4) is 0 Å². The number of piperidine rings is 1. The molecule has 2 N–H and O–H groups in total. The molecule has 13 heteroatoms. The lowest BCUT2D eigenvalue weighted by Crippen LogP contribution is -2.44. The van der Waals surface area contributed by atoms with Gasteiger partial charge in [-0.3, -0.25) is 23.8 Å². The van der Waals surface area contributed by atoms with Crippen LogP contribution in [0.15, 0.2) is 42.5 Å². The maximum absolute atomic E-state index is 14.0. The summed E-state index contributed by atoms with van der Waals surface area (Å²) in [6, 6.07) is 11.3. The van der Waals surface area contributed by atoms with E-state index in [0.717, 1.165) is 30.0 Å². The van der Waals surface area contributed by atoms with E-state index < -0.39 is 28.9 Å². The standard InChI is InChI=1S/C32H42F3N3O6S/c1-31(2,3)38-19-26(21-7-10-24(43-4)11-8-21)27(20-38)30(40)37-15-13-22(14-16-37)25-12-9-23(32(33,34)35)18-28(25)44-17-5-6-29(39)36-45(41)42/h7-12,18,22,26-27H,5-6,13-17,19-20H2,1-4H3,(H,36,39)(H,41,42)/t26-,27+/m0/s1. The van der Waals surface area contributed by atoms with Gasteiger partial charge in [0, 0.05) is 44.1 Å². The van der Waals surface area contributed by atoms with Gasteiger partial charge in [-0.15, -0.1) is 0 Å². The van der Waals surface area contributed by atoms with Gasteiger partial charge in [0.15, 0.2) is 0 Å². The Bertz CT molecular complexity index is 1360. The lowest BCUT2D eigenvalue weighted by molar-refractivity contribution is -0.138. The average molecular weight is 654 g/mol. The van der Waals surface area contributed by atoms with Crippen molar-refractivity contribution >= 4 is 23.1 Å². The summed E-state index contributed by atoms with van der Waals surface area (Å²) in [6.45, 7) is 8.74. The van der Waals surface area contributed by atoms with Gasteiger partial charge in [0.25, 0.3) is 11.3 Å². The lowest BCUT2D eigenvalue weighted by atomic mass is 9.85. The highest BCUT2D eigenvalue weighted by atomic mass is 32.2. The molecule has 2 amide bonds. The molecule has 2 aromatic rings. The molecule has 2 fully saturated rings. The highest BCUT2D eigenvalue weighted by Gasteiger charge is 2.44. The van der Waals surface area contributed by atoms with Crippen LogP contribution in [0.25, 0.3) is 0 Å². The normalized spacial score (nSPS) is 20.6. The summed E-state index contributed by atoms with van der Waals surface area (Å²) in [7, 11) is 1.62. The molecule has 4 rings (SSSR count). The molecule has 1 unspecified atom stereocenters. The number of carbonyl (C=O) groups is 2. The number of benzene rings is 2. The number of likely N-dealkylation sites (tertiary alicyclic amines) is 2. The molecule has 0 saturated carbocycles. The van der Waals surface area contributed by atoms with Crippen molar-refractivity contribution in [3.8, 4) is 11.5 Å². The molecule has 0 radical (unpaired) electrons. The molecule has 3 atom stereocenters. The molecular formula is C32H42F3N3O6S. The van der Waals surface area contributed by atoms with Crippen molar-refractivity contribution in [3.05, 3.63) is 59.2 Å². The van der Waals surface area contributed by atoms with Gasteiger partial charge in [-0.1, -0.05) is 18.2 Å². The number of methoxy groups -OCH3 is 1. The fourth-order valence-electron chi connectivity index (χ4n) is 6.17. The minimum atomic E-state index is -4.56. The summed E-state index contributed by atoms with van der Waals surface area (Å²) in [5.41, 5.74) is 0.778. The molecule has 9 nitrogen and oxygen atoms in total. The third-order valence-corrected chi connectivity index (χ3v) is 9.13. The molecule has 0 aromatic heterocycles. The van der Waals surface area contributed by atoms with Gasteiger partial charge < -0.3 is 14.4 Å². The summed E-state index contributed by atoms with van der Waals surface area (Å²) >= 11 is -2.48. The van der Waals surface area contributed by atoms with Crippen molar-refractivity contribution in [1.82, 2.24) is 14.5 Å². The van der Waals surface area contributed by atoms with E-state index in [9.17, 15) is 27.0 Å². The zero-order valence-corrected chi connectivity index (χ0v) is 26.9. The summed E-state index contributed by atoms with van der Waals surface area (Å²) in [5.74, 6) is -0.0366. The van der Waals surface area contributed by atoms with E-state index in [4.69, 9.17) is 14.0 Å². The molecule has 45 heavy (non-hydrogen) atoms. The summed E-state index contributed by atoms with van der Waals surface area (Å²) in [5, 5.41) is 0. The number of nitrogens with one attached hydrogen (secondary N) is 1. The number of hydrogen-bond acceptors (Lipinski definition) is 6. The van der Waals surface area contributed by atoms with E-state index in [2.05, 4.69) is 25.7 Å². The number of halogens is 3. The van der Waals surface area contributed by atoms with Gasteiger partial charge in [-0.05, 0) is 81.3 Å². The largest absolute Gasteiger partial charge is 0.497 e. The Balaban J connectivity index is 1.45. The van der Waals surface area contributed by atoms with Crippen LogP contribution < -0.4 is 14.2 Å². The average Bonchev–Trinajstić information content (AvgIpc) is 3.45. The first-order valence-corrected chi connectivity index (χ1v) is 16.2. The van der Waals surface area contributed by atoms with Crippen LogP contribution in [-0.4, -0.2) is 75.8 Å². The Morgan fingerprint density at radius 2 is 1.71 bits per heavy atom. The van der Waals surface area contributed by atoms with E-state index in [1.165, 1.54) is 6.07 Å². The Hall–Kier alpha value is -3.16. The first-order valence-electron chi connectivity index (χ1n) is 15.1. The Labute approximate surface area is 264 Å². The van der Waals surface area contributed by atoms with Crippen LogP contribution in [0.2, 0.25) is 0 Å². The number of carbonyl (C=O) groups excluding carboxylic acids is 2. The van der Waals surface area contributed by atoms with E-state index in [1.54, 1.807) is 7.11 Å². The Morgan fingerprint density at radius 1 is 1.04 bits per heavy atom. The molecule has 0 bridgehead atoms. The Morgan fingerprint density at radius 3 is 2.29 bits per heavy atom. The number of rotatable bonds is 10. The van der Waals surface area contributed by atoms with E-state index in [0.29, 0.717) is 38.0 Å². The number of hydrogen-bond donors (Lipinski definition) is 2. The molecule has 2 saturated heterocycles. The Kier molecular flexibility index (Phi) is 11.2. The van der Waals surface area contributed by atoms with Crippen molar-refractivity contribution in [2.45, 2.75) is 70.0 Å². The molecule has 0 spiro atoms. The van der Waals surface area contributed by atoms with Gasteiger partial charge >= 0.3 is 6.18 Å².